The average molecular weight is 384 g/mol. The van der Waals surface area contributed by atoms with Gasteiger partial charge in [0.2, 0.25) is 0 Å². The quantitative estimate of drug-likeness (QED) is 0.661. The lowest BCUT2D eigenvalue weighted by Gasteiger charge is -2.23. The summed E-state index contributed by atoms with van der Waals surface area (Å²) in [6.45, 7) is 2.52. The summed E-state index contributed by atoms with van der Waals surface area (Å²) in [4.78, 5) is 24.2. The van der Waals surface area contributed by atoms with E-state index < -0.39 is 17.4 Å². The molecule has 2 aromatic rings. The van der Waals surface area contributed by atoms with Crippen LogP contribution in [0.1, 0.15) is 18.9 Å². The van der Waals surface area contributed by atoms with Crippen LogP contribution in [0.5, 0.6) is 11.5 Å². The Bertz CT molecular complexity index is 836. The van der Waals surface area contributed by atoms with E-state index in [9.17, 15) is 14.7 Å². The van der Waals surface area contributed by atoms with Crippen LogP contribution in [-0.2, 0) is 16.0 Å². The van der Waals surface area contributed by atoms with Gasteiger partial charge in [-0.25, -0.2) is 0 Å². The van der Waals surface area contributed by atoms with Crippen LogP contribution in [0.2, 0.25) is 0 Å². The molecule has 148 valence electrons. The lowest BCUT2D eigenvalue weighted by Crippen LogP contribution is -2.44. The third-order valence-electron chi connectivity index (χ3n) is 4.43. The van der Waals surface area contributed by atoms with E-state index in [1.54, 1.807) is 25.1 Å². The third-order valence-corrected chi connectivity index (χ3v) is 4.43. The summed E-state index contributed by atoms with van der Waals surface area (Å²) in [5.41, 5.74) is 0.411. The fourth-order valence-electron chi connectivity index (χ4n) is 2.81. The molecule has 1 aliphatic heterocycles. The maximum Gasteiger partial charge on any atom is 0.313 e. The van der Waals surface area contributed by atoms with E-state index in [0.29, 0.717) is 43.2 Å². The van der Waals surface area contributed by atoms with Gasteiger partial charge in [-0.05, 0) is 37.5 Å². The summed E-state index contributed by atoms with van der Waals surface area (Å²) in [5, 5.41) is 15.5. The molecule has 0 radical (unpaired) electrons. The molecule has 0 bridgehead atoms. The van der Waals surface area contributed by atoms with Gasteiger partial charge in [0.1, 0.15) is 13.2 Å². The van der Waals surface area contributed by atoms with E-state index in [0.717, 1.165) is 5.56 Å². The van der Waals surface area contributed by atoms with E-state index in [1.807, 2.05) is 30.3 Å². The van der Waals surface area contributed by atoms with Crippen LogP contribution >= 0.6 is 0 Å². The van der Waals surface area contributed by atoms with Gasteiger partial charge in [-0.1, -0.05) is 30.3 Å². The van der Waals surface area contributed by atoms with E-state index >= 15 is 0 Å². The highest BCUT2D eigenvalue weighted by Crippen LogP contribution is 2.32. The number of rotatable bonds is 6. The van der Waals surface area contributed by atoms with Crippen LogP contribution in [0.4, 0.5) is 5.69 Å². The molecule has 0 saturated heterocycles. The van der Waals surface area contributed by atoms with Crippen molar-refractivity contribution >= 4 is 17.5 Å². The normalized spacial score (nSPS) is 14.6. The highest BCUT2D eigenvalue weighted by molar-refractivity contribution is 6.39. The van der Waals surface area contributed by atoms with Crippen molar-refractivity contribution in [1.29, 1.82) is 0 Å². The molecule has 0 spiro atoms. The number of anilines is 1. The molecule has 3 rings (SSSR count). The lowest BCUT2D eigenvalue weighted by atomic mass is 9.97. The van der Waals surface area contributed by atoms with Gasteiger partial charge in [-0.2, -0.15) is 0 Å². The molecule has 0 saturated carbocycles. The summed E-state index contributed by atoms with van der Waals surface area (Å²) in [6, 6.07) is 14.7. The second-order valence-electron chi connectivity index (χ2n) is 6.98. The molecule has 7 nitrogen and oxygen atoms in total. The summed E-state index contributed by atoms with van der Waals surface area (Å²) in [7, 11) is 0. The van der Waals surface area contributed by atoms with Crippen molar-refractivity contribution in [3.05, 3.63) is 54.1 Å². The topological polar surface area (TPSA) is 96.9 Å². The van der Waals surface area contributed by atoms with Crippen molar-refractivity contribution in [2.45, 2.75) is 25.4 Å². The van der Waals surface area contributed by atoms with Crippen LogP contribution in [0.15, 0.2) is 48.5 Å². The Labute approximate surface area is 163 Å². The SMILES string of the molecule is CC(O)(CCc1ccccc1)CNC(=O)C(=O)Nc1ccc2c(c1)OCCO2. The third kappa shape index (κ3) is 5.47. The van der Waals surface area contributed by atoms with Gasteiger partial charge < -0.3 is 25.2 Å². The predicted octanol–water partition coefficient (Wildman–Crippen LogP) is 1.90. The zero-order valence-electron chi connectivity index (χ0n) is 15.7. The van der Waals surface area contributed by atoms with Crippen LogP contribution in [0.3, 0.4) is 0 Å². The Morgan fingerprint density at radius 3 is 2.50 bits per heavy atom. The minimum absolute atomic E-state index is 0.0206. The second kappa shape index (κ2) is 8.75. The molecule has 0 fully saturated rings. The lowest BCUT2D eigenvalue weighted by molar-refractivity contribution is -0.136. The molecule has 0 aromatic heterocycles. The number of fused-ring (bicyclic) bond motifs is 1. The summed E-state index contributed by atoms with van der Waals surface area (Å²) >= 11 is 0. The smallest absolute Gasteiger partial charge is 0.313 e. The number of aryl methyl sites for hydroxylation is 1. The van der Waals surface area contributed by atoms with Gasteiger partial charge in [0.15, 0.2) is 11.5 Å². The Morgan fingerprint density at radius 2 is 1.75 bits per heavy atom. The first-order valence-corrected chi connectivity index (χ1v) is 9.18. The average Bonchev–Trinajstić information content (AvgIpc) is 2.71. The molecule has 1 atom stereocenters. The number of hydrogen-bond donors (Lipinski definition) is 3. The van der Waals surface area contributed by atoms with E-state index in [4.69, 9.17) is 9.47 Å². The maximum atomic E-state index is 12.1. The van der Waals surface area contributed by atoms with Crippen LogP contribution < -0.4 is 20.1 Å². The number of nitrogens with one attached hydrogen (secondary N) is 2. The molecule has 7 heteroatoms. The van der Waals surface area contributed by atoms with Gasteiger partial charge >= 0.3 is 11.8 Å². The number of ether oxygens (including phenoxy) is 2. The van der Waals surface area contributed by atoms with Crippen molar-refractivity contribution in [2.75, 3.05) is 25.1 Å². The van der Waals surface area contributed by atoms with E-state index in [-0.39, 0.29) is 6.54 Å². The van der Waals surface area contributed by atoms with Crippen LogP contribution in [-0.4, -0.2) is 42.3 Å². The Balaban J connectivity index is 1.47. The summed E-state index contributed by atoms with van der Waals surface area (Å²) < 4.78 is 10.9. The minimum atomic E-state index is -1.12. The highest BCUT2D eigenvalue weighted by Gasteiger charge is 2.23. The number of benzene rings is 2. The fourth-order valence-corrected chi connectivity index (χ4v) is 2.81. The van der Waals surface area contributed by atoms with Crippen molar-refractivity contribution in [3.63, 3.8) is 0 Å². The van der Waals surface area contributed by atoms with Gasteiger partial charge in [0.25, 0.3) is 0 Å². The Kier molecular flexibility index (Phi) is 6.16. The molecule has 2 aromatic carbocycles. The number of carbonyl (C=O) groups is 2. The standard InChI is InChI=1S/C21H24N2O5/c1-21(26,10-9-15-5-3-2-4-6-15)14-22-19(24)20(25)23-16-7-8-17-18(13-16)28-12-11-27-17/h2-8,13,26H,9-12,14H2,1H3,(H,22,24)(H,23,25). The van der Waals surface area contributed by atoms with Crippen molar-refractivity contribution in [1.82, 2.24) is 5.32 Å². The molecule has 1 aliphatic rings. The minimum Gasteiger partial charge on any atom is -0.486 e. The monoisotopic (exact) mass is 384 g/mol. The summed E-state index contributed by atoms with van der Waals surface area (Å²) in [5.74, 6) is -0.498. The largest absolute Gasteiger partial charge is 0.486 e. The molecule has 2 amide bonds. The van der Waals surface area contributed by atoms with Crippen LogP contribution in [0, 0.1) is 0 Å². The second-order valence-corrected chi connectivity index (χ2v) is 6.98. The highest BCUT2D eigenvalue weighted by atomic mass is 16.6. The first-order chi connectivity index (χ1) is 13.4. The zero-order valence-corrected chi connectivity index (χ0v) is 15.7. The zero-order chi connectivity index (χ0) is 20.0. The first-order valence-electron chi connectivity index (χ1n) is 9.18. The van der Waals surface area contributed by atoms with Gasteiger partial charge in [0, 0.05) is 18.3 Å². The van der Waals surface area contributed by atoms with Gasteiger partial charge in [-0.3, -0.25) is 9.59 Å². The predicted molar refractivity (Wildman–Crippen MR) is 104 cm³/mol. The first kappa shape index (κ1) is 19.7. The number of hydrogen-bond acceptors (Lipinski definition) is 5. The Morgan fingerprint density at radius 1 is 1.04 bits per heavy atom. The number of aliphatic hydroxyl groups is 1. The molecule has 1 heterocycles. The van der Waals surface area contributed by atoms with Crippen LogP contribution in [0.25, 0.3) is 0 Å². The number of carbonyl (C=O) groups excluding carboxylic acids is 2. The van der Waals surface area contributed by atoms with Crippen molar-refractivity contribution in [3.8, 4) is 11.5 Å². The molecule has 28 heavy (non-hydrogen) atoms. The van der Waals surface area contributed by atoms with Gasteiger partial charge in [-0.15, -0.1) is 0 Å². The maximum absolute atomic E-state index is 12.1. The van der Waals surface area contributed by atoms with Crippen molar-refractivity contribution < 1.29 is 24.2 Å². The number of amides is 2. The van der Waals surface area contributed by atoms with Gasteiger partial charge in [0.05, 0.1) is 5.60 Å². The van der Waals surface area contributed by atoms with E-state index in [2.05, 4.69) is 10.6 Å². The van der Waals surface area contributed by atoms with E-state index in [1.165, 1.54) is 0 Å². The molecule has 0 aliphatic carbocycles. The molecule has 3 N–H and O–H groups in total. The Hall–Kier alpha value is -3.06. The fraction of sp³-hybridized carbons (Fsp3) is 0.333. The molecular formula is C21H24N2O5. The molecule has 1 unspecified atom stereocenters. The van der Waals surface area contributed by atoms with Crippen molar-refractivity contribution in [2.24, 2.45) is 0 Å². The summed E-state index contributed by atoms with van der Waals surface area (Å²) in [6.07, 6.45) is 1.13. The molecular weight excluding hydrogens is 360 g/mol.